The number of rotatable bonds is 6. The van der Waals surface area contributed by atoms with Crippen molar-refractivity contribution in [1.82, 2.24) is 9.78 Å². The van der Waals surface area contributed by atoms with Crippen LogP contribution in [-0.2, 0) is 7.05 Å². The molecule has 1 rings (SSSR count). The Morgan fingerprint density at radius 1 is 1.33 bits per heavy atom. The summed E-state index contributed by atoms with van der Waals surface area (Å²) >= 11 is 0. The van der Waals surface area contributed by atoms with Crippen LogP contribution in [0.5, 0.6) is 0 Å². The van der Waals surface area contributed by atoms with Crippen LogP contribution in [0.2, 0.25) is 0 Å². The molecule has 0 radical (unpaired) electrons. The van der Waals surface area contributed by atoms with E-state index in [9.17, 15) is 0 Å². The van der Waals surface area contributed by atoms with E-state index in [2.05, 4.69) is 18.9 Å². The van der Waals surface area contributed by atoms with Gasteiger partial charge >= 0.3 is 0 Å². The van der Waals surface area contributed by atoms with Crippen LogP contribution in [0.4, 0.5) is 0 Å². The van der Waals surface area contributed by atoms with Crippen LogP contribution in [0.15, 0.2) is 12.4 Å². The Morgan fingerprint density at radius 2 is 1.93 bits per heavy atom. The third kappa shape index (κ3) is 3.34. The predicted octanol–water partition coefficient (Wildman–Crippen LogP) is 2.64. The van der Waals surface area contributed by atoms with Crippen LogP contribution >= 0.6 is 0 Å². The van der Waals surface area contributed by atoms with Gasteiger partial charge in [0.15, 0.2) is 0 Å². The summed E-state index contributed by atoms with van der Waals surface area (Å²) in [5.41, 5.74) is 7.44. The first kappa shape index (κ1) is 12.2. The standard InChI is InChI=1S/C12H23N3/c1-4-6-10(7-5-2)12(13)11-8-14-15(3)9-11/h8-10,12H,4-7,13H2,1-3H3. The summed E-state index contributed by atoms with van der Waals surface area (Å²) in [4.78, 5) is 0. The van der Waals surface area contributed by atoms with Crippen molar-refractivity contribution in [3.63, 3.8) is 0 Å². The van der Waals surface area contributed by atoms with Crippen LogP contribution < -0.4 is 5.73 Å². The van der Waals surface area contributed by atoms with Gasteiger partial charge in [-0.25, -0.2) is 0 Å². The van der Waals surface area contributed by atoms with Crippen molar-refractivity contribution in [2.75, 3.05) is 0 Å². The molecule has 0 saturated carbocycles. The Hall–Kier alpha value is -0.830. The third-order valence-corrected chi connectivity index (χ3v) is 2.94. The first-order chi connectivity index (χ1) is 7.19. The molecule has 2 N–H and O–H groups in total. The lowest BCUT2D eigenvalue weighted by molar-refractivity contribution is 0.368. The quantitative estimate of drug-likeness (QED) is 0.782. The zero-order chi connectivity index (χ0) is 11.3. The zero-order valence-corrected chi connectivity index (χ0v) is 10.1. The maximum absolute atomic E-state index is 6.27. The van der Waals surface area contributed by atoms with Crippen molar-refractivity contribution in [3.05, 3.63) is 18.0 Å². The van der Waals surface area contributed by atoms with Gasteiger partial charge in [0.25, 0.3) is 0 Å². The van der Waals surface area contributed by atoms with Gasteiger partial charge in [-0.2, -0.15) is 5.10 Å². The van der Waals surface area contributed by atoms with E-state index in [1.54, 1.807) is 0 Å². The Labute approximate surface area is 92.7 Å². The van der Waals surface area contributed by atoms with E-state index >= 15 is 0 Å². The van der Waals surface area contributed by atoms with Gasteiger partial charge in [-0.05, 0) is 18.8 Å². The highest BCUT2D eigenvalue weighted by molar-refractivity contribution is 5.10. The van der Waals surface area contributed by atoms with E-state index in [1.165, 1.54) is 31.2 Å². The van der Waals surface area contributed by atoms with Gasteiger partial charge in [0.2, 0.25) is 0 Å². The lowest BCUT2D eigenvalue weighted by atomic mass is 9.88. The Morgan fingerprint density at radius 3 is 2.33 bits per heavy atom. The smallest absolute Gasteiger partial charge is 0.0537 e. The van der Waals surface area contributed by atoms with Gasteiger partial charge in [0, 0.05) is 24.8 Å². The van der Waals surface area contributed by atoms with Crippen molar-refractivity contribution >= 4 is 0 Å². The van der Waals surface area contributed by atoms with E-state index in [4.69, 9.17) is 5.73 Å². The molecule has 0 aliphatic carbocycles. The fraction of sp³-hybridized carbons (Fsp3) is 0.750. The summed E-state index contributed by atoms with van der Waals surface area (Å²) in [6.45, 7) is 4.44. The molecule has 0 fully saturated rings. The fourth-order valence-electron chi connectivity index (χ4n) is 2.13. The highest BCUT2D eigenvalue weighted by Gasteiger charge is 2.18. The average Bonchev–Trinajstić information content (AvgIpc) is 2.63. The van der Waals surface area contributed by atoms with Gasteiger partial charge in [0.1, 0.15) is 0 Å². The van der Waals surface area contributed by atoms with Crippen LogP contribution in [0, 0.1) is 5.92 Å². The monoisotopic (exact) mass is 209 g/mol. The molecule has 0 saturated heterocycles. The summed E-state index contributed by atoms with van der Waals surface area (Å²) in [6.07, 6.45) is 8.76. The molecule has 0 spiro atoms. The molecule has 3 heteroatoms. The molecule has 1 atom stereocenters. The molecular formula is C12H23N3. The largest absolute Gasteiger partial charge is 0.324 e. The van der Waals surface area contributed by atoms with Gasteiger partial charge in [-0.1, -0.05) is 26.7 Å². The molecule has 3 nitrogen and oxygen atoms in total. The predicted molar refractivity (Wildman–Crippen MR) is 63.4 cm³/mol. The number of aromatic nitrogens is 2. The third-order valence-electron chi connectivity index (χ3n) is 2.94. The first-order valence-electron chi connectivity index (χ1n) is 5.93. The molecule has 1 heterocycles. The lowest BCUT2D eigenvalue weighted by Gasteiger charge is -2.22. The topological polar surface area (TPSA) is 43.8 Å². The van der Waals surface area contributed by atoms with Gasteiger partial charge in [0.05, 0.1) is 6.20 Å². The maximum atomic E-state index is 6.27. The minimum atomic E-state index is 0.151. The maximum Gasteiger partial charge on any atom is 0.0537 e. The van der Waals surface area contributed by atoms with Crippen molar-refractivity contribution in [1.29, 1.82) is 0 Å². The van der Waals surface area contributed by atoms with Crippen molar-refractivity contribution in [2.24, 2.45) is 18.7 Å². The SMILES string of the molecule is CCCC(CCC)C(N)c1cnn(C)c1. The number of aryl methyl sites for hydroxylation is 1. The van der Waals surface area contributed by atoms with E-state index < -0.39 is 0 Å². The molecule has 0 aliphatic heterocycles. The highest BCUT2D eigenvalue weighted by atomic mass is 15.2. The molecule has 0 amide bonds. The van der Waals surface area contributed by atoms with Gasteiger partial charge in [-0.15, -0.1) is 0 Å². The van der Waals surface area contributed by atoms with Crippen LogP contribution in [-0.4, -0.2) is 9.78 Å². The van der Waals surface area contributed by atoms with Gasteiger partial charge in [-0.3, -0.25) is 4.68 Å². The van der Waals surface area contributed by atoms with Crippen LogP contribution in [0.1, 0.15) is 51.1 Å². The van der Waals surface area contributed by atoms with Gasteiger partial charge < -0.3 is 5.73 Å². The summed E-state index contributed by atoms with van der Waals surface area (Å²) in [7, 11) is 1.94. The number of hydrogen-bond acceptors (Lipinski definition) is 2. The second-order valence-corrected chi connectivity index (χ2v) is 4.31. The van der Waals surface area contributed by atoms with Crippen molar-refractivity contribution in [3.8, 4) is 0 Å². The molecule has 1 aromatic rings. The fourth-order valence-corrected chi connectivity index (χ4v) is 2.13. The van der Waals surface area contributed by atoms with E-state index in [0.717, 1.165) is 0 Å². The second kappa shape index (κ2) is 5.91. The second-order valence-electron chi connectivity index (χ2n) is 4.31. The summed E-state index contributed by atoms with van der Waals surface area (Å²) in [5, 5.41) is 4.18. The molecule has 1 unspecified atom stereocenters. The minimum absolute atomic E-state index is 0.151. The molecule has 0 aromatic carbocycles. The number of hydrogen-bond donors (Lipinski definition) is 1. The van der Waals surface area contributed by atoms with Crippen LogP contribution in [0.25, 0.3) is 0 Å². The lowest BCUT2D eigenvalue weighted by Crippen LogP contribution is -2.21. The Balaban J connectivity index is 2.66. The average molecular weight is 209 g/mol. The summed E-state index contributed by atoms with van der Waals surface area (Å²) in [5.74, 6) is 0.601. The molecule has 0 bridgehead atoms. The Kier molecular flexibility index (Phi) is 4.82. The minimum Gasteiger partial charge on any atom is -0.324 e. The van der Waals surface area contributed by atoms with E-state index in [1.807, 2.05) is 24.1 Å². The first-order valence-corrected chi connectivity index (χ1v) is 5.93. The van der Waals surface area contributed by atoms with E-state index in [0.29, 0.717) is 5.92 Å². The number of nitrogens with two attached hydrogens (primary N) is 1. The van der Waals surface area contributed by atoms with E-state index in [-0.39, 0.29) is 6.04 Å². The number of nitrogens with zero attached hydrogens (tertiary/aromatic N) is 2. The molecule has 15 heavy (non-hydrogen) atoms. The van der Waals surface area contributed by atoms with Crippen molar-refractivity contribution in [2.45, 2.75) is 45.6 Å². The zero-order valence-electron chi connectivity index (χ0n) is 10.1. The molecule has 0 aliphatic rings. The normalized spacial score (nSPS) is 13.4. The summed E-state index contributed by atoms with van der Waals surface area (Å²) < 4.78 is 1.82. The Bertz CT molecular complexity index is 274. The highest BCUT2D eigenvalue weighted by Crippen LogP contribution is 2.27. The molecular weight excluding hydrogens is 186 g/mol. The molecule has 1 aromatic heterocycles. The summed E-state index contributed by atoms with van der Waals surface area (Å²) in [6, 6.07) is 0.151. The van der Waals surface area contributed by atoms with Crippen LogP contribution in [0.3, 0.4) is 0 Å². The molecule has 86 valence electrons. The van der Waals surface area contributed by atoms with Crippen molar-refractivity contribution < 1.29 is 0 Å².